The van der Waals surface area contributed by atoms with Crippen LogP contribution in [0.1, 0.15) is 19.4 Å². The summed E-state index contributed by atoms with van der Waals surface area (Å²) in [5, 5.41) is 2.95. The van der Waals surface area contributed by atoms with Crippen LogP contribution in [0.25, 0.3) is 0 Å². The molecule has 1 aromatic rings. The SMILES string of the molecule is CC.PNc1ccc(CCl)cc1. The molecule has 1 atom stereocenters. The largest absolute Gasteiger partial charge is 0.369 e. The number of halogens is 1. The van der Waals surface area contributed by atoms with E-state index in [1.807, 2.05) is 38.1 Å². The maximum Gasteiger partial charge on any atom is 0.0474 e. The predicted molar refractivity (Wildman–Crippen MR) is 60.7 cm³/mol. The molecule has 0 bridgehead atoms. The number of rotatable bonds is 2. The number of nitrogens with one attached hydrogen (secondary N) is 1. The Bertz CT molecular complexity index is 175. The van der Waals surface area contributed by atoms with E-state index in [-0.39, 0.29) is 0 Å². The number of benzene rings is 1. The highest BCUT2D eigenvalue weighted by Gasteiger charge is 1.88. The fourth-order valence-electron chi connectivity index (χ4n) is 0.690. The van der Waals surface area contributed by atoms with Crippen molar-refractivity contribution in [3.05, 3.63) is 29.8 Å². The third kappa shape index (κ3) is 3.94. The van der Waals surface area contributed by atoms with Crippen molar-refractivity contribution in [2.24, 2.45) is 0 Å². The molecule has 0 spiro atoms. The van der Waals surface area contributed by atoms with Crippen LogP contribution in [0.3, 0.4) is 0 Å². The van der Waals surface area contributed by atoms with Crippen molar-refractivity contribution in [2.75, 3.05) is 5.09 Å². The van der Waals surface area contributed by atoms with Crippen molar-refractivity contribution in [2.45, 2.75) is 19.7 Å². The van der Waals surface area contributed by atoms with Gasteiger partial charge in [0.15, 0.2) is 0 Å². The van der Waals surface area contributed by atoms with Crippen LogP contribution in [0.5, 0.6) is 0 Å². The molecule has 12 heavy (non-hydrogen) atoms. The summed E-state index contributed by atoms with van der Waals surface area (Å²) in [5.74, 6) is 0.580. The van der Waals surface area contributed by atoms with Gasteiger partial charge in [0.25, 0.3) is 0 Å². The highest BCUT2D eigenvalue weighted by molar-refractivity contribution is 7.18. The lowest BCUT2D eigenvalue weighted by Crippen LogP contribution is -1.80. The molecule has 0 radical (unpaired) electrons. The van der Waals surface area contributed by atoms with Gasteiger partial charge in [0.05, 0.1) is 0 Å². The molecular formula is C9H15ClNP. The average Bonchev–Trinajstić information content (AvgIpc) is 2.21. The van der Waals surface area contributed by atoms with Gasteiger partial charge in [-0.25, -0.2) is 0 Å². The molecule has 68 valence electrons. The van der Waals surface area contributed by atoms with Crippen LogP contribution in [0, 0.1) is 0 Å². The predicted octanol–water partition coefficient (Wildman–Crippen LogP) is 3.65. The summed E-state index contributed by atoms with van der Waals surface area (Å²) in [6, 6.07) is 7.98. The molecule has 0 saturated carbocycles. The van der Waals surface area contributed by atoms with E-state index in [2.05, 4.69) is 14.5 Å². The van der Waals surface area contributed by atoms with Gasteiger partial charge in [-0.3, -0.25) is 0 Å². The van der Waals surface area contributed by atoms with E-state index in [1.165, 1.54) is 0 Å². The van der Waals surface area contributed by atoms with E-state index in [0.29, 0.717) is 5.88 Å². The van der Waals surface area contributed by atoms with E-state index in [9.17, 15) is 0 Å². The van der Waals surface area contributed by atoms with Gasteiger partial charge >= 0.3 is 0 Å². The second-order valence-corrected chi connectivity index (χ2v) is 2.53. The minimum atomic E-state index is 0.580. The molecule has 1 rings (SSSR count). The number of hydrogen-bond acceptors (Lipinski definition) is 1. The van der Waals surface area contributed by atoms with E-state index in [1.54, 1.807) is 0 Å². The summed E-state index contributed by atoms with van der Waals surface area (Å²) >= 11 is 5.60. The zero-order valence-electron chi connectivity index (χ0n) is 7.47. The minimum Gasteiger partial charge on any atom is -0.369 e. The van der Waals surface area contributed by atoms with Gasteiger partial charge in [-0.2, -0.15) is 0 Å². The highest BCUT2D eigenvalue weighted by atomic mass is 35.5. The van der Waals surface area contributed by atoms with Crippen molar-refractivity contribution < 1.29 is 0 Å². The van der Waals surface area contributed by atoms with Gasteiger partial charge in [-0.05, 0) is 27.1 Å². The molecule has 0 aliphatic heterocycles. The quantitative estimate of drug-likeness (QED) is 0.572. The van der Waals surface area contributed by atoms with E-state index < -0.39 is 0 Å². The van der Waals surface area contributed by atoms with E-state index >= 15 is 0 Å². The van der Waals surface area contributed by atoms with Crippen molar-refractivity contribution >= 4 is 26.7 Å². The summed E-state index contributed by atoms with van der Waals surface area (Å²) in [5.41, 5.74) is 2.23. The van der Waals surface area contributed by atoms with Crippen LogP contribution in [0.2, 0.25) is 0 Å². The Morgan fingerprint density at radius 2 is 1.75 bits per heavy atom. The second kappa shape index (κ2) is 7.39. The van der Waals surface area contributed by atoms with Gasteiger partial charge in [0, 0.05) is 11.6 Å². The highest BCUT2D eigenvalue weighted by Crippen LogP contribution is 2.11. The zero-order valence-corrected chi connectivity index (χ0v) is 9.38. The van der Waals surface area contributed by atoms with Crippen molar-refractivity contribution in [1.29, 1.82) is 0 Å². The third-order valence-corrected chi connectivity index (χ3v) is 1.92. The summed E-state index contributed by atoms with van der Waals surface area (Å²) in [6.45, 7) is 4.00. The van der Waals surface area contributed by atoms with E-state index in [4.69, 9.17) is 11.6 Å². The molecule has 1 nitrogen and oxygen atoms in total. The Morgan fingerprint density at radius 3 is 2.08 bits per heavy atom. The first-order valence-corrected chi connectivity index (χ1v) is 5.09. The fraction of sp³-hybridized carbons (Fsp3) is 0.333. The first-order chi connectivity index (χ1) is 5.86. The standard InChI is InChI=1S/C7H9ClNP.C2H6/c8-5-6-1-3-7(9-10)4-2-6;1-2/h1-4,9H,5,10H2;1-2H3. The lowest BCUT2D eigenvalue weighted by molar-refractivity contribution is 1.41. The Hall–Kier alpha value is -0.260. The molecule has 3 heteroatoms. The van der Waals surface area contributed by atoms with Crippen molar-refractivity contribution in [1.82, 2.24) is 0 Å². The maximum atomic E-state index is 5.60. The third-order valence-electron chi connectivity index (χ3n) is 1.27. The van der Waals surface area contributed by atoms with Gasteiger partial charge in [0.2, 0.25) is 0 Å². The molecule has 0 fully saturated rings. The number of alkyl halides is 1. The van der Waals surface area contributed by atoms with Gasteiger partial charge in [0.1, 0.15) is 0 Å². The molecule has 1 aromatic carbocycles. The number of anilines is 1. The monoisotopic (exact) mass is 203 g/mol. The molecule has 0 saturated heterocycles. The van der Waals surface area contributed by atoms with Crippen molar-refractivity contribution in [3.63, 3.8) is 0 Å². The molecular weight excluding hydrogens is 189 g/mol. The molecule has 0 heterocycles. The summed E-state index contributed by atoms with van der Waals surface area (Å²) in [4.78, 5) is 0. The second-order valence-electron chi connectivity index (χ2n) is 1.97. The zero-order chi connectivity index (χ0) is 9.40. The Balaban J connectivity index is 0.000000561. The molecule has 0 aliphatic rings. The molecule has 0 aliphatic carbocycles. The van der Waals surface area contributed by atoms with Crippen LogP contribution in [0.4, 0.5) is 5.69 Å². The van der Waals surface area contributed by atoms with Crippen LogP contribution in [-0.2, 0) is 5.88 Å². The Morgan fingerprint density at radius 1 is 1.25 bits per heavy atom. The molecule has 0 amide bonds. The van der Waals surface area contributed by atoms with Crippen LogP contribution < -0.4 is 5.09 Å². The first kappa shape index (κ1) is 11.7. The Labute approximate surface area is 81.8 Å². The normalized spacial score (nSPS) is 8.33. The van der Waals surface area contributed by atoms with Gasteiger partial charge in [-0.15, -0.1) is 11.6 Å². The summed E-state index contributed by atoms with van der Waals surface area (Å²) in [7, 11) is 2.44. The number of hydrogen-bond donors (Lipinski definition) is 1. The fourth-order valence-corrected chi connectivity index (χ4v) is 1.06. The smallest absolute Gasteiger partial charge is 0.0474 e. The topological polar surface area (TPSA) is 12.0 Å². The average molecular weight is 204 g/mol. The van der Waals surface area contributed by atoms with E-state index in [0.717, 1.165) is 11.3 Å². The summed E-state index contributed by atoms with van der Waals surface area (Å²) < 4.78 is 0. The summed E-state index contributed by atoms with van der Waals surface area (Å²) in [6.07, 6.45) is 0. The Kier molecular flexibility index (Phi) is 7.23. The molecule has 1 N–H and O–H groups in total. The van der Waals surface area contributed by atoms with Crippen molar-refractivity contribution in [3.8, 4) is 0 Å². The van der Waals surface area contributed by atoms with Gasteiger partial charge in [-0.1, -0.05) is 26.0 Å². The van der Waals surface area contributed by atoms with Crippen LogP contribution in [-0.4, -0.2) is 0 Å². The molecule has 1 unspecified atom stereocenters. The minimum absolute atomic E-state index is 0.580. The van der Waals surface area contributed by atoms with Gasteiger partial charge < -0.3 is 5.09 Å². The lowest BCUT2D eigenvalue weighted by Gasteiger charge is -1.98. The first-order valence-electron chi connectivity index (χ1n) is 3.98. The lowest BCUT2D eigenvalue weighted by atomic mass is 10.2. The van der Waals surface area contributed by atoms with Crippen LogP contribution >= 0.6 is 21.0 Å². The molecule has 0 aromatic heterocycles. The van der Waals surface area contributed by atoms with Crippen LogP contribution in [0.15, 0.2) is 24.3 Å². The maximum absolute atomic E-state index is 5.60.